The first-order valence-electron chi connectivity index (χ1n) is 7.75. The van der Waals surface area contributed by atoms with E-state index in [1.54, 1.807) is 36.4 Å². The second kappa shape index (κ2) is 8.45. The summed E-state index contributed by atoms with van der Waals surface area (Å²) < 4.78 is 46.1. The van der Waals surface area contributed by atoms with Crippen molar-refractivity contribution in [3.05, 3.63) is 72.3 Å². The summed E-state index contributed by atoms with van der Waals surface area (Å²) in [5, 5.41) is 11.9. The van der Waals surface area contributed by atoms with Gasteiger partial charge in [-0.1, -0.05) is 42.2 Å². The SMILES string of the molecule is COc1ccccc1NC(/C=C/C#Cc1ccccc1)(CO)C(F)(F)F. The quantitative estimate of drug-likeness (QED) is 0.791. The predicted octanol–water partition coefficient (Wildman–Crippen LogP) is 4.01. The van der Waals surface area contributed by atoms with Crippen molar-refractivity contribution in [2.45, 2.75) is 11.7 Å². The van der Waals surface area contributed by atoms with Gasteiger partial charge in [0.15, 0.2) is 5.54 Å². The summed E-state index contributed by atoms with van der Waals surface area (Å²) in [5.41, 5.74) is -1.90. The molecule has 0 aliphatic carbocycles. The van der Waals surface area contributed by atoms with Gasteiger partial charge >= 0.3 is 6.18 Å². The molecule has 1 atom stereocenters. The number of hydrogen-bond donors (Lipinski definition) is 2. The van der Waals surface area contributed by atoms with E-state index in [0.29, 0.717) is 5.56 Å². The fraction of sp³-hybridized carbons (Fsp3) is 0.200. The molecule has 0 fully saturated rings. The van der Waals surface area contributed by atoms with E-state index in [9.17, 15) is 18.3 Å². The number of rotatable bonds is 5. The molecule has 6 heteroatoms. The third-order valence-corrected chi connectivity index (χ3v) is 3.66. The molecule has 0 bridgehead atoms. The molecular formula is C20H18F3NO2. The van der Waals surface area contributed by atoms with Crippen molar-refractivity contribution < 1.29 is 23.0 Å². The van der Waals surface area contributed by atoms with Crippen molar-refractivity contribution in [3.63, 3.8) is 0 Å². The van der Waals surface area contributed by atoms with Crippen LogP contribution < -0.4 is 10.1 Å². The zero-order chi connectivity index (χ0) is 19.0. The standard InChI is InChI=1S/C20H18F3NO2/c1-26-18-13-6-5-12-17(18)24-19(15-25,20(21,22)23)14-8-7-11-16-9-3-2-4-10-16/h2-6,8-10,12-14,24-25H,15H2,1H3/b14-8+. The minimum atomic E-state index is -4.76. The smallest absolute Gasteiger partial charge is 0.417 e. The summed E-state index contributed by atoms with van der Waals surface area (Å²) in [6.07, 6.45) is -2.86. The summed E-state index contributed by atoms with van der Waals surface area (Å²) in [5.74, 6) is 5.54. The molecule has 2 N–H and O–H groups in total. The Kier molecular flexibility index (Phi) is 6.31. The molecule has 1 unspecified atom stereocenters. The molecule has 0 radical (unpaired) electrons. The normalized spacial score (nSPS) is 13.6. The number of methoxy groups -OCH3 is 1. The van der Waals surface area contributed by atoms with E-state index in [2.05, 4.69) is 17.2 Å². The molecule has 2 aromatic carbocycles. The number of aliphatic hydroxyl groups is 1. The second-order valence-corrected chi connectivity index (χ2v) is 5.42. The number of aliphatic hydroxyl groups excluding tert-OH is 1. The molecule has 0 aliphatic rings. The van der Waals surface area contributed by atoms with Crippen LogP contribution >= 0.6 is 0 Å². The van der Waals surface area contributed by atoms with Crippen molar-refractivity contribution in [1.82, 2.24) is 0 Å². The topological polar surface area (TPSA) is 41.5 Å². The van der Waals surface area contributed by atoms with Crippen molar-refractivity contribution in [2.24, 2.45) is 0 Å². The van der Waals surface area contributed by atoms with Gasteiger partial charge in [0.1, 0.15) is 5.75 Å². The van der Waals surface area contributed by atoms with Crippen LogP contribution in [0.5, 0.6) is 5.75 Å². The lowest BCUT2D eigenvalue weighted by Crippen LogP contribution is -2.53. The number of anilines is 1. The van der Waals surface area contributed by atoms with E-state index >= 15 is 0 Å². The highest BCUT2D eigenvalue weighted by atomic mass is 19.4. The number of nitrogens with one attached hydrogen (secondary N) is 1. The highest BCUT2D eigenvalue weighted by Crippen LogP contribution is 2.37. The molecule has 0 spiro atoms. The van der Waals surface area contributed by atoms with Gasteiger partial charge in [0.2, 0.25) is 0 Å². The highest BCUT2D eigenvalue weighted by molar-refractivity contribution is 5.59. The molecule has 3 nitrogen and oxygen atoms in total. The maximum Gasteiger partial charge on any atom is 0.417 e. The zero-order valence-corrected chi connectivity index (χ0v) is 14.0. The van der Waals surface area contributed by atoms with Crippen LogP contribution in [0.25, 0.3) is 0 Å². The van der Waals surface area contributed by atoms with Crippen LogP contribution in [0.4, 0.5) is 18.9 Å². The zero-order valence-electron chi connectivity index (χ0n) is 14.0. The number of ether oxygens (including phenoxy) is 1. The Morgan fingerprint density at radius 2 is 1.73 bits per heavy atom. The molecule has 0 aromatic heterocycles. The van der Waals surface area contributed by atoms with Gasteiger partial charge in [0.05, 0.1) is 19.4 Å². The molecule has 0 heterocycles. The van der Waals surface area contributed by atoms with Gasteiger partial charge in [-0.05, 0) is 36.4 Å². The minimum absolute atomic E-state index is 0.113. The molecule has 2 aromatic rings. The number of hydrogen-bond acceptors (Lipinski definition) is 3. The van der Waals surface area contributed by atoms with Crippen molar-refractivity contribution in [3.8, 4) is 17.6 Å². The molecule has 0 saturated heterocycles. The Hall–Kier alpha value is -2.91. The van der Waals surface area contributed by atoms with Gasteiger partial charge in [-0.2, -0.15) is 13.2 Å². The Morgan fingerprint density at radius 3 is 2.35 bits per heavy atom. The molecule has 0 amide bonds. The minimum Gasteiger partial charge on any atom is -0.495 e. The third kappa shape index (κ3) is 4.58. The van der Waals surface area contributed by atoms with Crippen LogP contribution in [-0.2, 0) is 0 Å². The summed E-state index contributed by atoms with van der Waals surface area (Å²) >= 11 is 0. The molecule has 0 saturated carbocycles. The third-order valence-electron chi connectivity index (χ3n) is 3.66. The Bertz CT molecular complexity index is 807. The molecule has 2 rings (SSSR count). The average molecular weight is 361 g/mol. The summed E-state index contributed by atoms with van der Waals surface area (Å²) in [4.78, 5) is 0. The maximum absolute atomic E-state index is 13.7. The fourth-order valence-electron chi connectivity index (χ4n) is 2.21. The largest absolute Gasteiger partial charge is 0.495 e. The number of halogens is 3. The number of allylic oxidation sites excluding steroid dienone is 1. The van der Waals surface area contributed by atoms with Crippen LogP contribution in [0.1, 0.15) is 5.56 Å². The Labute approximate surface area is 150 Å². The monoisotopic (exact) mass is 361 g/mol. The first-order chi connectivity index (χ1) is 12.4. The van der Waals surface area contributed by atoms with E-state index in [1.165, 1.54) is 19.2 Å². The van der Waals surface area contributed by atoms with Gasteiger partial charge in [-0.15, -0.1) is 0 Å². The van der Waals surface area contributed by atoms with Crippen LogP contribution in [0.3, 0.4) is 0 Å². The van der Waals surface area contributed by atoms with Gasteiger partial charge in [-0.3, -0.25) is 0 Å². The highest BCUT2D eigenvalue weighted by Gasteiger charge is 2.53. The number of alkyl halides is 3. The number of para-hydroxylation sites is 2. The van der Waals surface area contributed by atoms with Gasteiger partial charge in [0, 0.05) is 5.56 Å². The van der Waals surface area contributed by atoms with Crippen molar-refractivity contribution >= 4 is 5.69 Å². The van der Waals surface area contributed by atoms with Crippen molar-refractivity contribution in [2.75, 3.05) is 19.0 Å². The lowest BCUT2D eigenvalue weighted by Gasteiger charge is -2.33. The molecule has 26 heavy (non-hydrogen) atoms. The Balaban J connectivity index is 2.34. The second-order valence-electron chi connectivity index (χ2n) is 5.42. The average Bonchev–Trinajstić information content (AvgIpc) is 2.64. The van der Waals surface area contributed by atoms with E-state index in [4.69, 9.17) is 4.74 Å². The maximum atomic E-state index is 13.7. The van der Waals surface area contributed by atoms with Crippen LogP contribution in [0.2, 0.25) is 0 Å². The van der Waals surface area contributed by atoms with E-state index in [0.717, 1.165) is 12.2 Å². The van der Waals surface area contributed by atoms with E-state index in [-0.39, 0.29) is 11.4 Å². The van der Waals surface area contributed by atoms with Crippen LogP contribution in [0, 0.1) is 11.8 Å². The molecule has 0 aliphatic heterocycles. The van der Waals surface area contributed by atoms with E-state index in [1.807, 2.05) is 6.07 Å². The van der Waals surface area contributed by atoms with Gasteiger partial charge < -0.3 is 15.2 Å². The summed E-state index contributed by atoms with van der Waals surface area (Å²) in [7, 11) is 1.36. The lowest BCUT2D eigenvalue weighted by atomic mass is 9.98. The van der Waals surface area contributed by atoms with Crippen molar-refractivity contribution in [1.29, 1.82) is 0 Å². The first-order valence-corrected chi connectivity index (χ1v) is 7.75. The van der Waals surface area contributed by atoms with Crippen LogP contribution in [0.15, 0.2) is 66.7 Å². The van der Waals surface area contributed by atoms with Gasteiger partial charge in [-0.25, -0.2) is 0 Å². The fourth-order valence-corrected chi connectivity index (χ4v) is 2.21. The molecule has 136 valence electrons. The predicted molar refractivity (Wildman–Crippen MR) is 94.9 cm³/mol. The van der Waals surface area contributed by atoms with E-state index < -0.39 is 18.3 Å². The summed E-state index contributed by atoms with van der Waals surface area (Å²) in [6.45, 7) is -1.20. The summed E-state index contributed by atoms with van der Waals surface area (Å²) in [6, 6.07) is 15.1. The lowest BCUT2D eigenvalue weighted by molar-refractivity contribution is -0.173. The van der Waals surface area contributed by atoms with Crippen LogP contribution in [-0.4, -0.2) is 30.5 Å². The Morgan fingerprint density at radius 1 is 1.08 bits per heavy atom. The first kappa shape index (κ1) is 19.4. The number of benzene rings is 2. The molecular weight excluding hydrogens is 343 g/mol. The van der Waals surface area contributed by atoms with Gasteiger partial charge in [0.25, 0.3) is 0 Å².